The number of hydrogen-bond acceptors (Lipinski definition) is 9. The Morgan fingerprint density at radius 3 is 2.94 bits per heavy atom. The molecule has 1 amide bonds. The fourth-order valence-corrected chi connectivity index (χ4v) is 4.37. The van der Waals surface area contributed by atoms with Crippen molar-refractivity contribution in [2.24, 2.45) is 21.8 Å². The molecule has 33 heavy (non-hydrogen) atoms. The predicted molar refractivity (Wildman–Crippen MR) is 130 cm³/mol. The van der Waals surface area contributed by atoms with Crippen LogP contribution in [0.4, 0.5) is 0 Å². The number of carbonyl (C=O) groups is 1. The molecule has 1 unspecified atom stereocenters. The standard InChI is InChI=1S/C23H34N4O5S/c1-4-6-18(19-11-17(12-20(28)32-19)30-13-16-7-8-16)25-22(29)23(3)14-33-21(26-23)15(2)27-31-10-5-9-24/h11-12,16,18H,4-10,13-14,24H2,1-3H3,(H,25,29)/b27-15+/t18-,23?/m1/s1. The van der Waals surface area contributed by atoms with E-state index in [0.717, 1.165) is 25.7 Å². The summed E-state index contributed by atoms with van der Waals surface area (Å²) in [4.78, 5) is 35.2. The lowest BCUT2D eigenvalue weighted by Gasteiger charge is -2.24. The van der Waals surface area contributed by atoms with Crippen molar-refractivity contribution in [3.8, 4) is 5.75 Å². The van der Waals surface area contributed by atoms with E-state index in [4.69, 9.17) is 19.7 Å². The van der Waals surface area contributed by atoms with Gasteiger partial charge in [0.2, 0.25) is 5.91 Å². The van der Waals surface area contributed by atoms with Gasteiger partial charge in [0, 0.05) is 11.8 Å². The third-order valence-electron chi connectivity index (χ3n) is 5.45. The molecule has 0 saturated heterocycles. The van der Waals surface area contributed by atoms with E-state index in [1.54, 1.807) is 19.9 Å². The molecule has 1 aromatic rings. The number of aliphatic imine (C=N–C) groups is 1. The van der Waals surface area contributed by atoms with Crippen molar-refractivity contribution in [1.29, 1.82) is 0 Å². The minimum absolute atomic E-state index is 0.229. The Morgan fingerprint density at radius 1 is 1.45 bits per heavy atom. The lowest BCUT2D eigenvalue weighted by atomic mass is 10.0. The van der Waals surface area contributed by atoms with Crippen molar-refractivity contribution in [3.63, 3.8) is 0 Å². The monoisotopic (exact) mass is 478 g/mol. The van der Waals surface area contributed by atoms with Crippen LogP contribution >= 0.6 is 11.8 Å². The van der Waals surface area contributed by atoms with Crippen LogP contribution in [0.25, 0.3) is 0 Å². The first-order valence-electron chi connectivity index (χ1n) is 11.5. The maximum Gasteiger partial charge on any atom is 0.339 e. The first-order chi connectivity index (χ1) is 15.8. The second-order valence-electron chi connectivity index (χ2n) is 8.72. The van der Waals surface area contributed by atoms with E-state index in [-0.39, 0.29) is 5.91 Å². The average Bonchev–Trinajstić information content (AvgIpc) is 3.53. The van der Waals surface area contributed by atoms with Crippen molar-refractivity contribution in [2.75, 3.05) is 25.5 Å². The number of nitrogens with one attached hydrogen (secondary N) is 1. The minimum Gasteiger partial charge on any atom is -0.493 e. The normalized spacial score (nSPS) is 21.5. The molecule has 1 aliphatic carbocycles. The van der Waals surface area contributed by atoms with Crippen molar-refractivity contribution in [3.05, 3.63) is 28.3 Å². The van der Waals surface area contributed by atoms with Crippen LogP contribution in [0.2, 0.25) is 0 Å². The molecule has 0 radical (unpaired) electrons. The van der Waals surface area contributed by atoms with E-state index in [2.05, 4.69) is 15.5 Å². The summed E-state index contributed by atoms with van der Waals surface area (Å²) in [5, 5.41) is 7.78. The van der Waals surface area contributed by atoms with Gasteiger partial charge < -0.3 is 25.0 Å². The second kappa shape index (κ2) is 11.7. The maximum absolute atomic E-state index is 13.2. The zero-order valence-corrected chi connectivity index (χ0v) is 20.4. The Bertz CT molecular complexity index is 943. The van der Waals surface area contributed by atoms with E-state index in [9.17, 15) is 9.59 Å². The number of carbonyl (C=O) groups excluding carboxylic acids is 1. The first kappa shape index (κ1) is 25.3. The van der Waals surface area contributed by atoms with Crippen LogP contribution in [-0.2, 0) is 9.63 Å². The van der Waals surface area contributed by atoms with E-state index in [0.29, 0.717) is 60.1 Å². The fourth-order valence-electron chi connectivity index (χ4n) is 3.24. The molecule has 2 aliphatic rings. The number of thioether (sulfide) groups is 1. The van der Waals surface area contributed by atoms with Crippen LogP contribution < -0.4 is 21.4 Å². The maximum atomic E-state index is 13.2. The van der Waals surface area contributed by atoms with Gasteiger partial charge in [-0.1, -0.05) is 18.5 Å². The topological polar surface area (TPSA) is 129 Å². The molecule has 182 valence electrons. The summed E-state index contributed by atoms with van der Waals surface area (Å²) in [7, 11) is 0. The van der Waals surface area contributed by atoms with E-state index < -0.39 is 17.2 Å². The number of nitrogens with zero attached hydrogens (tertiary/aromatic N) is 2. The minimum atomic E-state index is -0.958. The Hall–Kier alpha value is -2.33. The largest absolute Gasteiger partial charge is 0.493 e. The highest BCUT2D eigenvalue weighted by molar-refractivity contribution is 8.16. The highest BCUT2D eigenvalue weighted by Crippen LogP contribution is 2.32. The smallest absolute Gasteiger partial charge is 0.339 e. The average molecular weight is 479 g/mol. The first-order valence-corrected chi connectivity index (χ1v) is 12.5. The summed E-state index contributed by atoms with van der Waals surface area (Å²) in [6, 6.07) is 2.61. The van der Waals surface area contributed by atoms with Crippen LogP contribution in [0.15, 0.2) is 31.5 Å². The third-order valence-corrected chi connectivity index (χ3v) is 6.82. The van der Waals surface area contributed by atoms with Gasteiger partial charge in [0.05, 0.1) is 18.7 Å². The van der Waals surface area contributed by atoms with Crippen LogP contribution in [0.5, 0.6) is 5.75 Å². The van der Waals surface area contributed by atoms with Gasteiger partial charge in [-0.2, -0.15) is 0 Å². The number of nitrogens with two attached hydrogens (primary N) is 1. The third kappa shape index (κ3) is 7.33. The quantitative estimate of drug-likeness (QED) is 0.253. The van der Waals surface area contributed by atoms with Crippen LogP contribution in [0, 0.1) is 5.92 Å². The van der Waals surface area contributed by atoms with Gasteiger partial charge in [-0.05, 0) is 52.0 Å². The molecule has 1 aliphatic heterocycles. The molecular formula is C23H34N4O5S. The van der Waals surface area contributed by atoms with Crippen molar-refractivity contribution in [2.45, 2.75) is 64.5 Å². The van der Waals surface area contributed by atoms with Crippen LogP contribution in [0.1, 0.15) is 64.7 Å². The molecule has 2 heterocycles. The highest BCUT2D eigenvalue weighted by Gasteiger charge is 2.40. The van der Waals surface area contributed by atoms with Crippen LogP contribution in [-0.4, -0.2) is 47.7 Å². The molecule has 0 bridgehead atoms. The number of hydrogen-bond donors (Lipinski definition) is 2. The molecular weight excluding hydrogens is 444 g/mol. The predicted octanol–water partition coefficient (Wildman–Crippen LogP) is 3.03. The van der Waals surface area contributed by atoms with E-state index in [1.807, 2.05) is 6.92 Å². The molecule has 1 saturated carbocycles. The van der Waals surface area contributed by atoms with Crippen molar-refractivity contribution >= 4 is 28.4 Å². The van der Waals surface area contributed by atoms with Gasteiger partial charge in [-0.3, -0.25) is 9.79 Å². The molecule has 0 spiro atoms. The number of ether oxygens (including phenoxy) is 1. The van der Waals surface area contributed by atoms with Gasteiger partial charge in [-0.25, -0.2) is 4.79 Å². The summed E-state index contributed by atoms with van der Waals surface area (Å²) in [6.07, 6.45) is 4.46. The van der Waals surface area contributed by atoms with Gasteiger partial charge in [0.15, 0.2) is 0 Å². The van der Waals surface area contributed by atoms with Crippen LogP contribution in [0.3, 0.4) is 0 Å². The molecule has 3 rings (SSSR count). The van der Waals surface area contributed by atoms with E-state index in [1.165, 1.54) is 17.8 Å². The van der Waals surface area contributed by atoms with E-state index >= 15 is 0 Å². The summed E-state index contributed by atoms with van der Waals surface area (Å²) in [6.45, 7) is 7.18. The summed E-state index contributed by atoms with van der Waals surface area (Å²) < 4.78 is 11.2. The lowest BCUT2D eigenvalue weighted by molar-refractivity contribution is -0.125. The highest BCUT2D eigenvalue weighted by atomic mass is 32.2. The molecule has 1 aromatic heterocycles. The summed E-state index contributed by atoms with van der Waals surface area (Å²) in [5.41, 5.74) is 4.64. The Morgan fingerprint density at radius 2 is 2.24 bits per heavy atom. The number of amides is 1. The zero-order chi connectivity index (χ0) is 23.8. The van der Waals surface area contributed by atoms with Gasteiger partial charge in [0.25, 0.3) is 0 Å². The second-order valence-corrected chi connectivity index (χ2v) is 9.68. The van der Waals surface area contributed by atoms with Gasteiger partial charge in [-0.15, -0.1) is 11.8 Å². The summed E-state index contributed by atoms with van der Waals surface area (Å²) >= 11 is 1.47. The molecule has 1 fully saturated rings. The molecule has 9 nitrogen and oxygen atoms in total. The van der Waals surface area contributed by atoms with Gasteiger partial charge >= 0.3 is 5.63 Å². The number of rotatable bonds is 13. The Kier molecular flexibility index (Phi) is 8.96. The van der Waals surface area contributed by atoms with Gasteiger partial charge in [0.1, 0.15) is 34.4 Å². The molecule has 0 aromatic carbocycles. The SMILES string of the molecule is CCC[C@@H](NC(=O)C1(C)CSC(/C(C)=N/OCCCN)=N1)c1cc(OCC2CC2)cc(=O)o1. The molecule has 10 heteroatoms. The zero-order valence-electron chi connectivity index (χ0n) is 19.6. The Balaban J connectivity index is 1.69. The fraction of sp³-hybridized carbons (Fsp3) is 0.652. The molecule has 3 N–H and O–H groups in total. The summed E-state index contributed by atoms with van der Waals surface area (Å²) in [5.74, 6) is 1.70. The Labute approximate surface area is 198 Å². The van der Waals surface area contributed by atoms with Crippen molar-refractivity contribution in [1.82, 2.24) is 5.32 Å². The lowest BCUT2D eigenvalue weighted by Crippen LogP contribution is -2.45. The number of oxime groups is 1. The molecule has 2 atom stereocenters. The van der Waals surface area contributed by atoms with Crippen molar-refractivity contribution < 1.29 is 18.8 Å².